The molecule has 0 fully saturated rings. The fourth-order valence-corrected chi connectivity index (χ4v) is 2.52. The molecule has 4 nitrogen and oxygen atoms in total. The van der Waals surface area contributed by atoms with Crippen LogP contribution in [0, 0.1) is 5.92 Å². The van der Waals surface area contributed by atoms with Crippen LogP contribution >= 0.6 is 11.8 Å². The zero-order valence-corrected chi connectivity index (χ0v) is 13.4. The molecule has 5 heteroatoms. The van der Waals surface area contributed by atoms with E-state index < -0.39 is 0 Å². The Morgan fingerprint density at radius 1 is 1.35 bits per heavy atom. The van der Waals surface area contributed by atoms with E-state index in [0.717, 1.165) is 23.7 Å². The molecule has 0 aliphatic heterocycles. The van der Waals surface area contributed by atoms with Crippen molar-refractivity contribution >= 4 is 23.5 Å². The number of aromatic nitrogens is 1. The number of carbonyl (C=O) groups excluding carboxylic acids is 1. The van der Waals surface area contributed by atoms with Crippen LogP contribution in [0.3, 0.4) is 0 Å². The molecular weight excluding hydrogens is 270 g/mol. The Kier molecular flexibility index (Phi) is 7.44. The van der Waals surface area contributed by atoms with Gasteiger partial charge in [-0.3, -0.25) is 4.79 Å². The van der Waals surface area contributed by atoms with Crippen molar-refractivity contribution in [1.82, 2.24) is 10.3 Å². The molecule has 1 atom stereocenters. The Hall–Kier alpha value is -1.23. The second-order valence-electron chi connectivity index (χ2n) is 5.50. The Balaban J connectivity index is 2.20. The monoisotopic (exact) mass is 295 g/mol. The van der Waals surface area contributed by atoms with E-state index in [1.165, 1.54) is 18.2 Å². The average Bonchev–Trinajstić information content (AvgIpc) is 2.37. The van der Waals surface area contributed by atoms with E-state index >= 15 is 0 Å². The maximum absolute atomic E-state index is 11.8. The molecule has 0 saturated carbocycles. The number of anilines is 1. The van der Waals surface area contributed by atoms with Gasteiger partial charge in [0.05, 0.1) is 5.75 Å². The standard InChI is InChI=1S/C15H25N3OS/c1-11(2)5-4-6-12(3)18-15(19)10-20-13-7-8-14(16)17-9-13/h7-9,11-12H,4-6,10H2,1-3H3,(H2,16,17)(H,18,19). The molecule has 1 aromatic heterocycles. The van der Waals surface area contributed by atoms with Gasteiger partial charge in [-0.25, -0.2) is 4.98 Å². The van der Waals surface area contributed by atoms with Crippen LogP contribution in [0.15, 0.2) is 23.2 Å². The van der Waals surface area contributed by atoms with Crippen LogP contribution in [-0.2, 0) is 4.79 Å². The first kappa shape index (κ1) is 16.8. The molecule has 1 aromatic rings. The molecule has 20 heavy (non-hydrogen) atoms. The highest BCUT2D eigenvalue weighted by atomic mass is 32.2. The predicted molar refractivity (Wildman–Crippen MR) is 85.7 cm³/mol. The molecule has 1 rings (SSSR count). The number of nitrogen functional groups attached to an aromatic ring is 1. The van der Waals surface area contributed by atoms with Crippen LogP contribution < -0.4 is 11.1 Å². The summed E-state index contributed by atoms with van der Waals surface area (Å²) in [6.07, 6.45) is 5.11. The normalized spacial score (nSPS) is 12.4. The van der Waals surface area contributed by atoms with Crippen molar-refractivity contribution in [3.8, 4) is 0 Å². The molecule has 0 radical (unpaired) electrons. The van der Waals surface area contributed by atoms with E-state index in [-0.39, 0.29) is 11.9 Å². The van der Waals surface area contributed by atoms with Crippen molar-refractivity contribution in [2.45, 2.75) is 51.0 Å². The Bertz CT molecular complexity index is 406. The lowest BCUT2D eigenvalue weighted by atomic mass is 10.0. The van der Waals surface area contributed by atoms with Crippen LogP contribution in [0.1, 0.15) is 40.0 Å². The second-order valence-corrected chi connectivity index (χ2v) is 6.55. The maximum Gasteiger partial charge on any atom is 0.230 e. The summed E-state index contributed by atoms with van der Waals surface area (Å²) in [5.74, 6) is 1.72. The highest BCUT2D eigenvalue weighted by Crippen LogP contribution is 2.17. The third-order valence-electron chi connectivity index (χ3n) is 2.96. The van der Waals surface area contributed by atoms with Crippen molar-refractivity contribution in [3.63, 3.8) is 0 Å². The van der Waals surface area contributed by atoms with E-state index in [2.05, 4.69) is 31.1 Å². The summed E-state index contributed by atoms with van der Waals surface area (Å²) < 4.78 is 0. The molecule has 0 aliphatic carbocycles. The molecule has 1 unspecified atom stereocenters. The lowest BCUT2D eigenvalue weighted by Gasteiger charge is -2.14. The molecule has 0 bridgehead atoms. The number of thioether (sulfide) groups is 1. The Labute approximate surface area is 125 Å². The predicted octanol–water partition coefficient (Wildman–Crippen LogP) is 3.09. The van der Waals surface area contributed by atoms with Gasteiger partial charge in [0, 0.05) is 17.1 Å². The molecule has 112 valence electrons. The summed E-state index contributed by atoms with van der Waals surface area (Å²) in [4.78, 5) is 16.8. The van der Waals surface area contributed by atoms with E-state index in [0.29, 0.717) is 11.6 Å². The summed E-state index contributed by atoms with van der Waals surface area (Å²) in [7, 11) is 0. The Morgan fingerprint density at radius 2 is 2.10 bits per heavy atom. The number of carbonyl (C=O) groups is 1. The largest absolute Gasteiger partial charge is 0.384 e. The number of nitrogens with zero attached hydrogens (tertiary/aromatic N) is 1. The molecule has 3 N–H and O–H groups in total. The second kappa shape index (κ2) is 8.84. The molecule has 0 aromatic carbocycles. The Morgan fingerprint density at radius 3 is 2.70 bits per heavy atom. The summed E-state index contributed by atoms with van der Waals surface area (Å²) in [5.41, 5.74) is 5.52. The number of nitrogens with two attached hydrogens (primary N) is 1. The van der Waals surface area contributed by atoms with E-state index in [4.69, 9.17) is 5.73 Å². The zero-order valence-electron chi connectivity index (χ0n) is 12.6. The van der Waals surface area contributed by atoms with Crippen molar-refractivity contribution in [2.24, 2.45) is 5.92 Å². The van der Waals surface area contributed by atoms with Crippen LogP contribution in [0.25, 0.3) is 0 Å². The fraction of sp³-hybridized carbons (Fsp3) is 0.600. The highest BCUT2D eigenvalue weighted by Gasteiger charge is 2.08. The van der Waals surface area contributed by atoms with Gasteiger partial charge in [0.25, 0.3) is 0 Å². The molecule has 1 amide bonds. The van der Waals surface area contributed by atoms with Crippen molar-refractivity contribution in [3.05, 3.63) is 18.3 Å². The van der Waals surface area contributed by atoms with Gasteiger partial charge in [0.1, 0.15) is 5.82 Å². The highest BCUT2D eigenvalue weighted by molar-refractivity contribution is 8.00. The van der Waals surface area contributed by atoms with Crippen LogP contribution in [0.2, 0.25) is 0 Å². The van der Waals surface area contributed by atoms with E-state index in [1.54, 1.807) is 12.3 Å². The number of amides is 1. The van der Waals surface area contributed by atoms with E-state index in [1.807, 2.05) is 6.07 Å². The quantitative estimate of drug-likeness (QED) is 0.723. The summed E-state index contributed by atoms with van der Waals surface area (Å²) in [5, 5.41) is 3.03. The number of pyridine rings is 1. The molecular formula is C15H25N3OS. The first-order valence-electron chi connectivity index (χ1n) is 7.11. The van der Waals surface area contributed by atoms with Gasteiger partial charge in [-0.2, -0.15) is 0 Å². The molecule has 0 aliphatic rings. The van der Waals surface area contributed by atoms with Gasteiger partial charge in [0.2, 0.25) is 5.91 Å². The lowest BCUT2D eigenvalue weighted by molar-refractivity contribution is -0.119. The fourth-order valence-electron chi connectivity index (χ4n) is 1.85. The number of hydrogen-bond donors (Lipinski definition) is 2. The van der Waals surface area contributed by atoms with E-state index in [9.17, 15) is 4.79 Å². The number of rotatable bonds is 8. The third kappa shape index (κ3) is 7.38. The van der Waals surface area contributed by atoms with Crippen LogP contribution in [0.5, 0.6) is 0 Å². The van der Waals surface area contributed by atoms with Crippen LogP contribution in [-0.4, -0.2) is 22.7 Å². The number of nitrogens with one attached hydrogen (secondary N) is 1. The van der Waals surface area contributed by atoms with Crippen molar-refractivity contribution in [1.29, 1.82) is 0 Å². The smallest absolute Gasteiger partial charge is 0.230 e. The van der Waals surface area contributed by atoms with Gasteiger partial charge in [-0.05, 0) is 31.4 Å². The molecule has 0 spiro atoms. The summed E-state index contributed by atoms with van der Waals surface area (Å²) in [6, 6.07) is 3.87. The molecule has 1 heterocycles. The lowest BCUT2D eigenvalue weighted by Crippen LogP contribution is -2.33. The average molecular weight is 295 g/mol. The minimum Gasteiger partial charge on any atom is -0.384 e. The van der Waals surface area contributed by atoms with Gasteiger partial charge >= 0.3 is 0 Å². The maximum atomic E-state index is 11.8. The minimum atomic E-state index is 0.0730. The topological polar surface area (TPSA) is 68.0 Å². The minimum absolute atomic E-state index is 0.0730. The summed E-state index contributed by atoms with van der Waals surface area (Å²) in [6.45, 7) is 6.51. The molecule has 0 saturated heterocycles. The summed E-state index contributed by atoms with van der Waals surface area (Å²) >= 11 is 1.48. The van der Waals surface area contributed by atoms with Crippen molar-refractivity contribution < 1.29 is 4.79 Å². The van der Waals surface area contributed by atoms with Gasteiger partial charge < -0.3 is 11.1 Å². The van der Waals surface area contributed by atoms with Gasteiger partial charge in [-0.15, -0.1) is 11.8 Å². The van der Waals surface area contributed by atoms with Gasteiger partial charge in [0.15, 0.2) is 0 Å². The first-order valence-corrected chi connectivity index (χ1v) is 8.09. The SMILES string of the molecule is CC(C)CCCC(C)NC(=O)CSc1ccc(N)nc1. The number of hydrogen-bond acceptors (Lipinski definition) is 4. The third-order valence-corrected chi connectivity index (χ3v) is 3.94. The zero-order chi connectivity index (χ0) is 15.0. The van der Waals surface area contributed by atoms with Crippen LogP contribution in [0.4, 0.5) is 5.82 Å². The van der Waals surface area contributed by atoms with Crippen molar-refractivity contribution in [2.75, 3.05) is 11.5 Å². The first-order chi connectivity index (χ1) is 9.47. The van der Waals surface area contributed by atoms with Gasteiger partial charge in [-0.1, -0.05) is 26.7 Å².